The molecule has 0 bridgehead atoms. The summed E-state index contributed by atoms with van der Waals surface area (Å²) >= 11 is 0. The van der Waals surface area contributed by atoms with E-state index in [0.717, 1.165) is 24.2 Å². The number of allylic oxidation sites excluding steroid dienone is 3. The molecule has 0 spiro atoms. The van der Waals surface area contributed by atoms with Gasteiger partial charge in [-0.15, -0.1) is 0 Å². The summed E-state index contributed by atoms with van der Waals surface area (Å²) in [5, 5.41) is 3.31. The molecule has 0 amide bonds. The summed E-state index contributed by atoms with van der Waals surface area (Å²) in [5.74, 6) is -1.35. The molecule has 2 heterocycles. The molecule has 1 N–H and O–H groups in total. The lowest BCUT2D eigenvalue weighted by molar-refractivity contribution is -0.142. The maximum absolute atomic E-state index is 15.1. The quantitative estimate of drug-likeness (QED) is 0.579. The van der Waals surface area contributed by atoms with Crippen LogP contribution in [0.25, 0.3) is 0 Å². The molecule has 3 aliphatic rings. The number of carbonyl (C=O) groups is 2. The molecule has 0 aromatic heterocycles. The molecule has 7 heteroatoms. The van der Waals surface area contributed by atoms with Crippen LogP contribution in [0.3, 0.4) is 0 Å². The van der Waals surface area contributed by atoms with Crippen molar-refractivity contribution in [3.63, 3.8) is 0 Å². The van der Waals surface area contributed by atoms with E-state index in [2.05, 4.69) is 5.32 Å². The van der Waals surface area contributed by atoms with Crippen LogP contribution in [0.1, 0.15) is 55.6 Å². The molecule has 3 atom stereocenters. The van der Waals surface area contributed by atoms with E-state index in [0.29, 0.717) is 35.6 Å². The standard InChI is InChI=1S/C29H30FNO5/c1-17-26(29(33)36-16-19-8-7-13-35-19)27(21-10-3-5-11-22(21)30)28-23(31-17)14-18(15-24(28)32)20-9-4-6-12-25(20)34-2/h3-6,9-12,18-19,27,31H,7-8,13-16H2,1-2H3/t18-,19+,27+/m0/s1. The Labute approximate surface area is 210 Å². The number of ether oxygens (including phenoxy) is 3. The first-order chi connectivity index (χ1) is 17.5. The Morgan fingerprint density at radius 3 is 2.58 bits per heavy atom. The molecule has 188 valence electrons. The van der Waals surface area contributed by atoms with Crippen LogP contribution in [-0.2, 0) is 19.1 Å². The average molecular weight is 492 g/mol. The fraction of sp³-hybridized carbons (Fsp3) is 0.379. The van der Waals surface area contributed by atoms with Gasteiger partial charge < -0.3 is 19.5 Å². The number of benzene rings is 2. The van der Waals surface area contributed by atoms with Gasteiger partial charge in [-0.3, -0.25) is 4.79 Å². The molecule has 36 heavy (non-hydrogen) atoms. The number of nitrogens with one attached hydrogen (secondary N) is 1. The monoisotopic (exact) mass is 491 g/mol. The van der Waals surface area contributed by atoms with Crippen molar-refractivity contribution >= 4 is 11.8 Å². The smallest absolute Gasteiger partial charge is 0.336 e. The highest BCUT2D eigenvalue weighted by atomic mass is 19.1. The Kier molecular flexibility index (Phi) is 6.92. The number of ketones is 1. The summed E-state index contributed by atoms with van der Waals surface area (Å²) < 4.78 is 31.9. The third kappa shape index (κ3) is 4.55. The molecule has 6 nitrogen and oxygen atoms in total. The van der Waals surface area contributed by atoms with Gasteiger partial charge in [0.25, 0.3) is 0 Å². The normalized spacial score (nSPS) is 23.9. The van der Waals surface area contributed by atoms with Gasteiger partial charge in [-0.05, 0) is 43.9 Å². The number of dihydropyridines is 1. The van der Waals surface area contributed by atoms with Crippen LogP contribution < -0.4 is 10.1 Å². The summed E-state index contributed by atoms with van der Waals surface area (Å²) in [6.07, 6.45) is 2.41. The number of esters is 1. The van der Waals surface area contributed by atoms with Crippen LogP contribution in [0.4, 0.5) is 4.39 Å². The fourth-order valence-electron chi connectivity index (χ4n) is 5.58. The van der Waals surface area contributed by atoms with Gasteiger partial charge in [-0.1, -0.05) is 36.4 Å². The van der Waals surface area contributed by atoms with Gasteiger partial charge in [0.05, 0.1) is 24.7 Å². The molecule has 1 saturated heterocycles. The van der Waals surface area contributed by atoms with E-state index < -0.39 is 17.7 Å². The summed E-state index contributed by atoms with van der Waals surface area (Å²) in [4.78, 5) is 27.1. The second-order valence-electron chi connectivity index (χ2n) is 9.51. The minimum absolute atomic E-state index is 0.0954. The summed E-state index contributed by atoms with van der Waals surface area (Å²) in [7, 11) is 1.61. The van der Waals surface area contributed by atoms with Gasteiger partial charge in [0.1, 0.15) is 18.2 Å². The van der Waals surface area contributed by atoms with E-state index in [-0.39, 0.29) is 36.4 Å². The summed E-state index contributed by atoms with van der Waals surface area (Å²) in [6.45, 7) is 2.56. The Balaban J connectivity index is 1.52. The lowest BCUT2D eigenvalue weighted by atomic mass is 9.71. The average Bonchev–Trinajstić information content (AvgIpc) is 3.40. The lowest BCUT2D eigenvalue weighted by Crippen LogP contribution is -2.36. The van der Waals surface area contributed by atoms with Gasteiger partial charge >= 0.3 is 5.97 Å². The van der Waals surface area contributed by atoms with E-state index in [1.807, 2.05) is 24.3 Å². The molecule has 1 aliphatic carbocycles. The Bertz CT molecular complexity index is 1240. The van der Waals surface area contributed by atoms with Crippen molar-refractivity contribution in [2.45, 2.75) is 50.5 Å². The molecule has 0 saturated carbocycles. The first-order valence-corrected chi connectivity index (χ1v) is 12.4. The van der Waals surface area contributed by atoms with Gasteiger partial charge in [0.2, 0.25) is 0 Å². The number of rotatable bonds is 6. The van der Waals surface area contributed by atoms with E-state index in [9.17, 15) is 9.59 Å². The van der Waals surface area contributed by atoms with Crippen molar-refractivity contribution in [1.29, 1.82) is 0 Å². The second-order valence-corrected chi connectivity index (χ2v) is 9.51. The Hall–Kier alpha value is -3.45. The molecule has 2 aliphatic heterocycles. The van der Waals surface area contributed by atoms with Gasteiger partial charge in [0.15, 0.2) is 5.78 Å². The highest BCUT2D eigenvalue weighted by molar-refractivity contribution is 6.04. The largest absolute Gasteiger partial charge is 0.496 e. The molecular weight excluding hydrogens is 461 g/mol. The maximum Gasteiger partial charge on any atom is 0.336 e. The molecule has 2 aromatic carbocycles. The highest BCUT2D eigenvalue weighted by Gasteiger charge is 2.42. The fourth-order valence-corrected chi connectivity index (χ4v) is 5.58. The number of hydrogen-bond acceptors (Lipinski definition) is 6. The van der Waals surface area contributed by atoms with E-state index in [1.165, 1.54) is 6.07 Å². The van der Waals surface area contributed by atoms with Crippen LogP contribution in [0.2, 0.25) is 0 Å². The van der Waals surface area contributed by atoms with Crippen molar-refractivity contribution in [2.24, 2.45) is 0 Å². The molecule has 1 fully saturated rings. The van der Waals surface area contributed by atoms with Crippen molar-refractivity contribution < 1.29 is 28.2 Å². The van der Waals surface area contributed by atoms with Gasteiger partial charge in [-0.25, -0.2) is 9.18 Å². The number of halogens is 1. The van der Waals surface area contributed by atoms with Crippen LogP contribution in [0, 0.1) is 5.82 Å². The topological polar surface area (TPSA) is 73.9 Å². The van der Waals surface area contributed by atoms with Gasteiger partial charge in [-0.2, -0.15) is 0 Å². The second kappa shape index (κ2) is 10.3. The third-order valence-electron chi connectivity index (χ3n) is 7.27. The van der Waals surface area contributed by atoms with E-state index >= 15 is 4.39 Å². The summed E-state index contributed by atoms with van der Waals surface area (Å²) in [6, 6.07) is 14.0. The zero-order valence-electron chi connectivity index (χ0n) is 20.5. The number of Topliss-reactive ketones (excluding diaryl/α,β-unsaturated/α-hetero) is 1. The highest BCUT2D eigenvalue weighted by Crippen LogP contribution is 2.47. The first kappa shape index (κ1) is 24.3. The van der Waals surface area contributed by atoms with Crippen LogP contribution in [0.5, 0.6) is 5.75 Å². The predicted molar refractivity (Wildman–Crippen MR) is 132 cm³/mol. The molecule has 0 radical (unpaired) electrons. The molecule has 0 unspecified atom stereocenters. The van der Waals surface area contributed by atoms with Crippen LogP contribution in [0.15, 0.2) is 71.1 Å². The number of para-hydroxylation sites is 1. The number of carbonyl (C=O) groups excluding carboxylic acids is 2. The maximum atomic E-state index is 15.1. The zero-order chi connectivity index (χ0) is 25.2. The van der Waals surface area contributed by atoms with Crippen molar-refractivity contribution in [2.75, 3.05) is 20.3 Å². The summed E-state index contributed by atoms with van der Waals surface area (Å²) in [5.41, 5.74) is 3.21. The lowest BCUT2D eigenvalue weighted by Gasteiger charge is -2.37. The first-order valence-electron chi connectivity index (χ1n) is 12.4. The number of hydrogen-bond donors (Lipinski definition) is 1. The molecule has 2 aromatic rings. The Morgan fingerprint density at radius 2 is 1.86 bits per heavy atom. The van der Waals surface area contributed by atoms with Crippen LogP contribution >= 0.6 is 0 Å². The van der Waals surface area contributed by atoms with Crippen molar-refractivity contribution in [3.8, 4) is 5.75 Å². The van der Waals surface area contributed by atoms with Gasteiger partial charge in [0, 0.05) is 41.5 Å². The molecule has 5 rings (SSSR count). The minimum Gasteiger partial charge on any atom is -0.496 e. The SMILES string of the molecule is COc1ccccc1[C@@H]1CC(=O)C2=C(C1)NC(C)=C(C(=O)OC[C@H]1CCCO1)[C@H]2c1ccccc1F. The van der Waals surface area contributed by atoms with E-state index in [1.54, 1.807) is 32.2 Å². The third-order valence-corrected chi connectivity index (χ3v) is 7.27. The van der Waals surface area contributed by atoms with Crippen molar-refractivity contribution in [1.82, 2.24) is 5.32 Å². The van der Waals surface area contributed by atoms with E-state index in [4.69, 9.17) is 14.2 Å². The van der Waals surface area contributed by atoms with Crippen molar-refractivity contribution in [3.05, 3.63) is 88.0 Å². The number of methoxy groups -OCH3 is 1. The predicted octanol–water partition coefficient (Wildman–Crippen LogP) is 4.92. The Morgan fingerprint density at radius 1 is 1.11 bits per heavy atom. The van der Waals surface area contributed by atoms with Crippen LogP contribution in [-0.4, -0.2) is 38.2 Å². The molecular formula is C29H30FNO5. The minimum atomic E-state index is -0.842. The zero-order valence-corrected chi connectivity index (χ0v) is 20.5.